The van der Waals surface area contributed by atoms with Gasteiger partial charge >= 0.3 is 23.9 Å². The van der Waals surface area contributed by atoms with Gasteiger partial charge in [0.15, 0.2) is 0 Å². The molecule has 4 amide bonds. The van der Waals surface area contributed by atoms with E-state index in [9.17, 15) is 53.7 Å². The number of aliphatic carboxylic acids is 4. The van der Waals surface area contributed by atoms with Gasteiger partial charge in [0.2, 0.25) is 23.6 Å². The van der Waals surface area contributed by atoms with Crippen LogP contribution in [0.15, 0.2) is 24.3 Å². The number of hydrogen-bond acceptors (Lipinski definition) is 11. The average Bonchev–Trinajstić information content (AvgIpc) is 3.03. The molecule has 0 aliphatic heterocycles. The van der Waals surface area contributed by atoms with Gasteiger partial charge in [-0.25, -0.2) is 4.79 Å². The van der Waals surface area contributed by atoms with E-state index in [4.69, 9.17) is 21.7 Å². The van der Waals surface area contributed by atoms with Crippen LogP contribution in [0.2, 0.25) is 0 Å². The second-order valence-corrected chi connectivity index (χ2v) is 11.1. The lowest BCUT2D eigenvalue weighted by atomic mass is 10.0. The second kappa shape index (κ2) is 21.5. The first-order chi connectivity index (χ1) is 23.0. The Morgan fingerprint density at radius 2 is 1.00 bits per heavy atom. The van der Waals surface area contributed by atoms with Crippen molar-refractivity contribution in [3.8, 4) is 5.75 Å². The van der Waals surface area contributed by atoms with Crippen molar-refractivity contribution in [1.82, 2.24) is 21.3 Å². The van der Waals surface area contributed by atoms with Gasteiger partial charge in [0, 0.05) is 25.7 Å². The largest absolute Gasteiger partial charge is 0.508 e. The summed E-state index contributed by atoms with van der Waals surface area (Å²) in [6, 6.07) is -1.93. The Morgan fingerprint density at radius 3 is 1.47 bits per heavy atom. The van der Waals surface area contributed by atoms with E-state index < -0.39 is 110 Å². The minimum Gasteiger partial charge on any atom is -0.508 e. The summed E-state index contributed by atoms with van der Waals surface area (Å²) < 4.78 is 0. The van der Waals surface area contributed by atoms with Crippen molar-refractivity contribution in [2.24, 2.45) is 11.5 Å². The van der Waals surface area contributed by atoms with Crippen molar-refractivity contribution in [3.63, 3.8) is 0 Å². The third-order valence-corrected chi connectivity index (χ3v) is 7.14. The standard InChI is InChI=1S/C30H44N6O13/c31-14-2-1-3-21(30(48)49)35-29(47)22(15-16-4-6-17(37)7-5-16)36-28(46)20(10-13-25(42)43)34-27(45)19(9-12-24(40)41)33-26(44)18(32)8-11-23(38)39/h4-7,18-22,37H,1-3,8-15,31-32H2,(H,33,44)(H,34,45)(H,35,47)(H,36,46)(H,38,39)(H,40,41)(H,42,43)(H,48,49)/t18-,19-,20-,21-,22-/m0/s1. The SMILES string of the molecule is NCCCC[C@H](NC(=O)[C@H](Cc1ccc(O)cc1)NC(=O)[C@H](CCC(=O)O)NC(=O)[C@H](CCC(=O)O)NC(=O)[C@@H](N)CCC(=O)O)C(=O)O. The van der Waals surface area contributed by atoms with E-state index >= 15 is 0 Å². The molecule has 19 nitrogen and oxygen atoms in total. The summed E-state index contributed by atoms with van der Waals surface area (Å²) in [6.45, 7) is 0.293. The van der Waals surface area contributed by atoms with Gasteiger partial charge in [0.05, 0.1) is 6.04 Å². The van der Waals surface area contributed by atoms with Crippen LogP contribution in [0.3, 0.4) is 0 Å². The first-order valence-electron chi connectivity index (χ1n) is 15.4. The summed E-state index contributed by atoms with van der Waals surface area (Å²) in [4.78, 5) is 98.0. The smallest absolute Gasteiger partial charge is 0.326 e. The highest BCUT2D eigenvalue weighted by molar-refractivity contribution is 5.96. The summed E-state index contributed by atoms with van der Waals surface area (Å²) in [5.74, 6) is -9.44. The second-order valence-electron chi connectivity index (χ2n) is 11.1. The van der Waals surface area contributed by atoms with Crippen LogP contribution in [0.1, 0.15) is 63.4 Å². The number of unbranched alkanes of at least 4 members (excludes halogenated alkanes) is 1. The molecular formula is C30H44N6O13. The topological polar surface area (TPSA) is 338 Å². The summed E-state index contributed by atoms with van der Waals surface area (Å²) in [5.41, 5.74) is 11.6. The van der Waals surface area contributed by atoms with Crippen molar-refractivity contribution >= 4 is 47.5 Å². The quantitative estimate of drug-likeness (QED) is 0.0521. The lowest BCUT2D eigenvalue weighted by Crippen LogP contribution is -2.59. The average molecular weight is 697 g/mol. The van der Waals surface area contributed by atoms with Crippen LogP contribution in [-0.2, 0) is 44.8 Å². The van der Waals surface area contributed by atoms with Gasteiger partial charge in [-0.1, -0.05) is 12.1 Å². The number of nitrogens with one attached hydrogen (secondary N) is 4. The Morgan fingerprint density at radius 1 is 0.571 bits per heavy atom. The van der Waals surface area contributed by atoms with E-state index in [1.807, 2.05) is 0 Å². The molecule has 19 heteroatoms. The highest BCUT2D eigenvalue weighted by Gasteiger charge is 2.32. The van der Waals surface area contributed by atoms with E-state index in [1.165, 1.54) is 24.3 Å². The number of benzene rings is 1. The highest BCUT2D eigenvalue weighted by atomic mass is 16.4. The molecule has 0 spiro atoms. The Kier molecular flexibility index (Phi) is 18.3. The van der Waals surface area contributed by atoms with Crippen LogP contribution in [-0.4, -0.2) is 110 Å². The molecule has 0 unspecified atom stereocenters. The highest BCUT2D eigenvalue weighted by Crippen LogP contribution is 2.13. The van der Waals surface area contributed by atoms with Crippen molar-refractivity contribution in [1.29, 1.82) is 0 Å². The molecule has 0 aliphatic carbocycles. The Balaban J connectivity index is 3.31. The summed E-state index contributed by atoms with van der Waals surface area (Å²) in [6.07, 6.45) is -2.40. The summed E-state index contributed by atoms with van der Waals surface area (Å²) in [7, 11) is 0. The van der Waals surface area contributed by atoms with E-state index in [0.717, 1.165) is 0 Å². The zero-order chi connectivity index (χ0) is 37.1. The molecule has 1 aromatic rings. The third-order valence-electron chi connectivity index (χ3n) is 7.14. The lowest BCUT2D eigenvalue weighted by molar-refractivity contribution is -0.142. The molecule has 1 rings (SSSR count). The van der Waals surface area contributed by atoms with Crippen molar-refractivity contribution in [2.45, 2.75) is 94.4 Å². The predicted octanol–water partition coefficient (Wildman–Crippen LogP) is -1.99. The number of carboxylic acid groups (broad SMARTS) is 4. The molecule has 1 aromatic carbocycles. The molecule has 272 valence electrons. The number of aromatic hydroxyl groups is 1. The molecule has 0 heterocycles. The molecular weight excluding hydrogens is 652 g/mol. The summed E-state index contributed by atoms with van der Waals surface area (Å²) >= 11 is 0. The first kappa shape index (κ1) is 41.7. The number of carboxylic acids is 4. The minimum atomic E-state index is -1.65. The van der Waals surface area contributed by atoms with Gasteiger partial charge in [-0.2, -0.15) is 0 Å². The number of phenols is 1. The fraction of sp³-hybridized carbons (Fsp3) is 0.533. The van der Waals surface area contributed by atoms with Gasteiger partial charge < -0.3 is 58.3 Å². The molecule has 0 aromatic heterocycles. The van der Waals surface area contributed by atoms with Crippen LogP contribution < -0.4 is 32.7 Å². The number of rotatable bonds is 24. The molecule has 13 N–H and O–H groups in total. The fourth-order valence-electron chi connectivity index (χ4n) is 4.41. The van der Waals surface area contributed by atoms with Gasteiger partial charge in [-0.15, -0.1) is 0 Å². The molecule has 0 bridgehead atoms. The Labute approximate surface area is 280 Å². The van der Waals surface area contributed by atoms with E-state index in [0.29, 0.717) is 24.9 Å². The third kappa shape index (κ3) is 16.9. The van der Waals surface area contributed by atoms with Crippen molar-refractivity contribution < 1.29 is 63.9 Å². The molecule has 0 aliphatic rings. The van der Waals surface area contributed by atoms with Crippen molar-refractivity contribution in [3.05, 3.63) is 29.8 Å². The Bertz CT molecular complexity index is 1320. The number of carbonyl (C=O) groups excluding carboxylic acids is 4. The maximum absolute atomic E-state index is 13.5. The van der Waals surface area contributed by atoms with Gasteiger partial charge in [0.1, 0.15) is 29.9 Å². The molecule has 0 saturated heterocycles. The van der Waals surface area contributed by atoms with E-state index in [1.54, 1.807) is 0 Å². The molecule has 5 atom stereocenters. The number of carbonyl (C=O) groups is 8. The first-order valence-corrected chi connectivity index (χ1v) is 15.4. The number of amides is 4. The van der Waals surface area contributed by atoms with E-state index in [2.05, 4.69) is 21.3 Å². The fourth-order valence-corrected chi connectivity index (χ4v) is 4.41. The van der Waals surface area contributed by atoms with Crippen molar-refractivity contribution in [2.75, 3.05) is 6.54 Å². The molecule has 49 heavy (non-hydrogen) atoms. The van der Waals surface area contributed by atoms with Crippen LogP contribution in [0.5, 0.6) is 5.75 Å². The van der Waals surface area contributed by atoms with Crippen LogP contribution in [0, 0.1) is 0 Å². The maximum atomic E-state index is 13.5. The predicted molar refractivity (Wildman–Crippen MR) is 169 cm³/mol. The summed E-state index contributed by atoms with van der Waals surface area (Å²) in [5, 5.41) is 55.8. The molecule has 0 fully saturated rings. The van der Waals surface area contributed by atoms with Gasteiger partial charge in [0.25, 0.3) is 0 Å². The van der Waals surface area contributed by atoms with Crippen LogP contribution >= 0.6 is 0 Å². The van der Waals surface area contributed by atoms with Crippen LogP contribution in [0.25, 0.3) is 0 Å². The monoisotopic (exact) mass is 696 g/mol. The van der Waals surface area contributed by atoms with Gasteiger partial charge in [-0.05, 0) is 62.8 Å². The Hall–Kier alpha value is -5.30. The number of nitrogens with two attached hydrogens (primary N) is 2. The normalized spacial score (nSPS) is 13.8. The minimum absolute atomic E-state index is 0.0266. The zero-order valence-corrected chi connectivity index (χ0v) is 26.6. The zero-order valence-electron chi connectivity index (χ0n) is 26.6. The molecule has 0 radical (unpaired) electrons. The number of phenolic OH excluding ortho intramolecular Hbond substituents is 1. The lowest BCUT2D eigenvalue weighted by Gasteiger charge is -2.26. The maximum Gasteiger partial charge on any atom is 0.326 e. The van der Waals surface area contributed by atoms with Crippen LogP contribution in [0.4, 0.5) is 0 Å². The number of hydrogen-bond donors (Lipinski definition) is 11. The molecule has 0 saturated carbocycles. The van der Waals surface area contributed by atoms with E-state index in [-0.39, 0.29) is 25.0 Å². The van der Waals surface area contributed by atoms with Gasteiger partial charge in [-0.3, -0.25) is 33.6 Å².